The van der Waals surface area contributed by atoms with Crippen LogP contribution in [0.1, 0.15) is 30.6 Å². The lowest BCUT2D eigenvalue weighted by Gasteiger charge is -2.26. The van der Waals surface area contributed by atoms with Crippen LogP contribution in [-0.2, 0) is 6.42 Å². The molecular formula is C22H32ClNO4S. The molecule has 3 atom stereocenters. The van der Waals surface area contributed by atoms with E-state index in [0.29, 0.717) is 5.75 Å². The third-order valence-electron chi connectivity index (χ3n) is 4.85. The molecule has 0 radical (unpaired) electrons. The zero-order valence-corrected chi connectivity index (χ0v) is 19.1. The Kier molecular flexibility index (Phi) is 11.5. The van der Waals surface area contributed by atoms with E-state index in [0.717, 1.165) is 34.6 Å². The van der Waals surface area contributed by atoms with Gasteiger partial charge in [0.05, 0.1) is 33.0 Å². The van der Waals surface area contributed by atoms with Crippen molar-refractivity contribution < 1.29 is 19.7 Å². The number of thioether (sulfide) groups is 1. The minimum Gasteiger partial charge on any atom is -0.493 e. The Hall–Kier alpha value is -1.44. The van der Waals surface area contributed by atoms with Gasteiger partial charge in [-0.3, -0.25) is 0 Å². The first kappa shape index (κ1) is 25.6. The second kappa shape index (κ2) is 13.0. The van der Waals surface area contributed by atoms with Crippen molar-refractivity contribution in [2.75, 3.05) is 27.1 Å². The SMILES string of the molecule is COc1ccc(CCC(C)N[C@@H](CO)[C@@H](O)c2ccc(SC)cc2)cc1OC.Cl. The lowest BCUT2D eigenvalue weighted by molar-refractivity contribution is 0.0838. The first-order chi connectivity index (χ1) is 13.5. The zero-order valence-electron chi connectivity index (χ0n) is 17.4. The van der Waals surface area contributed by atoms with Crippen molar-refractivity contribution in [3.63, 3.8) is 0 Å². The molecule has 2 aromatic carbocycles. The molecule has 0 spiro atoms. The molecular weight excluding hydrogens is 410 g/mol. The van der Waals surface area contributed by atoms with Crippen LogP contribution in [0.25, 0.3) is 0 Å². The number of nitrogens with one attached hydrogen (secondary N) is 1. The first-order valence-corrected chi connectivity index (χ1v) is 10.6. The van der Waals surface area contributed by atoms with E-state index in [-0.39, 0.29) is 25.1 Å². The summed E-state index contributed by atoms with van der Waals surface area (Å²) in [5.74, 6) is 1.44. The molecule has 162 valence electrons. The number of methoxy groups -OCH3 is 2. The predicted molar refractivity (Wildman–Crippen MR) is 122 cm³/mol. The van der Waals surface area contributed by atoms with Crippen LogP contribution in [0.2, 0.25) is 0 Å². The van der Waals surface area contributed by atoms with Crippen LogP contribution in [0.5, 0.6) is 11.5 Å². The van der Waals surface area contributed by atoms with Gasteiger partial charge >= 0.3 is 0 Å². The molecule has 0 aliphatic carbocycles. The molecule has 0 aliphatic heterocycles. The van der Waals surface area contributed by atoms with E-state index in [1.54, 1.807) is 26.0 Å². The summed E-state index contributed by atoms with van der Waals surface area (Å²) >= 11 is 1.66. The monoisotopic (exact) mass is 441 g/mol. The Morgan fingerprint density at radius 1 is 1.03 bits per heavy atom. The number of hydrogen-bond acceptors (Lipinski definition) is 6. The van der Waals surface area contributed by atoms with Crippen molar-refractivity contribution in [2.45, 2.75) is 42.8 Å². The van der Waals surface area contributed by atoms with Gasteiger partial charge in [0, 0.05) is 10.9 Å². The predicted octanol–water partition coefficient (Wildman–Crippen LogP) is 3.85. The van der Waals surface area contributed by atoms with Crippen molar-refractivity contribution in [1.82, 2.24) is 5.32 Å². The van der Waals surface area contributed by atoms with E-state index >= 15 is 0 Å². The molecule has 0 aromatic heterocycles. The molecule has 1 unspecified atom stereocenters. The van der Waals surface area contributed by atoms with Crippen molar-refractivity contribution in [3.8, 4) is 11.5 Å². The Labute approximate surface area is 184 Å². The second-order valence-corrected chi connectivity index (χ2v) is 7.68. The van der Waals surface area contributed by atoms with E-state index < -0.39 is 12.1 Å². The zero-order chi connectivity index (χ0) is 20.5. The van der Waals surface area contributed by atoms with Gasteiger partial charge in [0.25, 0.3) is 0 Å². The molecule has 0 aliphatic rings. The summed E-state index contributed by atoms with van der Waals surface area (Å²) < 4.78 is 10.6. The van der Waals surface area contributed by atoms with Gasteiger partial charge < -0.3 is 25.0 Å². The van der Waals surface area contributed by atoms with Crippen LogP contribution in [0.15, 0.2) is 47.4 Å². The molecule has 7 heteroatoms. The van der Waals surface area contributed by atoms with Crippen molar-refractivity contribution in [3.05, 3.63) is 53.6 Å². The molecule has 2 rings (SSSR count). The number of hydrogen-bond donors (Lipinski definition) is 3. The number of halogens is 1. The lowest BCUT2D eigenvalue weighted by Crippen LogP contribution is -2.43. The molecule has 0 saturated heterocycles. The summed E-state index contributed by atoms with van der Waals surface area (Å²) in [7, 11) is 3.25. The summed E-state index contributed by atoms with van der Waals surface area (Å²) in [5, 5.41) is 23.8. The van der Waals surface area contributed by atoms with Gasteiger partial charge in [-0.25, -0.2) is 0 Å². The summed E-state index contributed by atoms with van der Waals surface area (Å²) in [5.41, 5.74) is 1.96. The van der Waals surface area contributed by atoms with Gasteiger partial charge in [0.15, 0.2) is 11.5 Å². The molecule has 0 heterocycles. The highest BCUT2D eigenvalue weighted by Crippen LogP contribution is 2.28. The molecule has 29 heavy (non-hydrogen) atoms. The van der Waals surface area contributed by atoms with Gasteiger partial charge in [-0.05, 0) is 61.4 Å². The fourth-order valence-corrected chi connectivity index (χ4v) is 3.55. The van der Waals surface area contributed by atoms with Gasteiger partial charge in [-0.2, -0.15) is 0 Å². The minimum atomic E-state index is -0.760. The average molecular weight is 442 g/mol. The highest BCUT2D eigenvalue weighted by atomic mass is 35.5. The van der Waals surface area contributed by atoms with Crippen LogP contribution < -0.4 is 14.8 Å². The quantitative estimate of drug-likeness (QED) is 0.460. The number of aliphatic hydroxyl groups excluding tert-OH is 2. The maximum absolute atomic E-state index is 10.6. The number of ether oxygens (including phenoxy) is 2. The van der Waals surface area contributed by atoms with Crippen molar-refractivity contribution in [2.24, 2.45) is 0 Å². The smallest absolute Gasteiger partial charge is 0.160 e. The molecule has 0 saturated carbocycles. The first-order valence-electron chi connectivity index (χ1n) is 9.42. The Bertz CT molecular complexity index is 729. The summed E-state index contributed by atoms with van der Waals surface area (Å²) in [6.07, 6.45) is 2.98. The highest BCUT2D eigenvalue weighted by molar-refractivity contribution is 7.98. The van der Waals surface area contributed by atoms with Gasteiger partial charge in [0.2, 0.25) is 0 Å². The van der Waals surface area contributed by atoms with E-state index in [2.05, 4.69) is 12.2 Å². The number of rotatable bonds is 11. The van der Waals surface area contributed by atoms with Crippen LogP contribution in [-0.4, -0.2) is 49.4 Å². The van der Waals surface area contributed by atoms with Crippen LogP contribution in [0, 0.1) is 0 Å². The maximum atomic E-state index is 10.6. The fourth-order valence-electron chi connectivity index (χ4n) is 3.15. The lowest BCUT2D eigenvalue weighted by atomic mass is 10.0. The summed E-state index contributed by atoms with van der Waals surface area (Å²) in [6, 6.07) is 13.4. The normalized spacial score (nSPS) is 13.9. The molecule has 0 amide bonds. The average Bonchev–Trinajstić information content (AvgIpc) is 2.75. The fraction of sp³-hybridized carbons (Fsp3) is 0.455. The van der Waals surface area contributed by atoms with Gasteiger partial charge in [-0.1, -0.05) is 18.2 Å². The van der Waals surface area contributed by atoms with Gasteiger partial charge in [-0.15, -0.1) is 24.2 Å². The maximum Gasteiger partial charge on any atom is 0.160 e. The van der Waals surface area contributed by atoms with E-state index in [1.807, 2.05) is 48.7 Å². The van der Waals surface area contributed by atoms with Crippen LogP contribution in [0.3, 0.4) is 0 Å². The number of benzene rings is 2. The number of aliphatic hydroxyl groups is 2. The standard InChI is InChI=1S/C22H31NO4S.ClH/c1-15(5-6-16-7-12-20(26-2)21(13-16)27-3)23-19(14-24)22(25)17-8-10-18(28-4)11-9-17;/h7-13,15,19,22-25H,5-6,14H2,1-4H3;1H/t15?,19-,22-;/m0./s1. The third-order valence-corrected chi connectivity index (χ3v) is 5.59. The van der Waals surface area contributed by atoms with Crippen molar-refractivity contribution >= 4 is 24.2 Å². The largest absolute Gasteiger partial charge is 0.493 e. The molecule has 0 fully saturated rings. The number of aryl methyl sites for hydroxylation is 1. The van der Waals surface area contributed by atoms with E-state index in [1.165, 1.54) is 0 Å². The second-order valence-electron chi connectivity index (χ2n) is 6.80. The topological polar surface area (TPSA) is 71.0 Å². The van der Waals surface area contributed by atoms with Crippen molar-refractivity contribution in [1.29, 1.82) is 0 Å². The Balaban J connectivity index is 0.00000420. The van der Waals surface area contributed by atoms with Gasteiger partial charge in [0.1, 0.15) is 0 Å². The molecule has 5 nitrogen and oxygen atoms in total. The molecule has 0 bridgehead atoms. The van der Waals surface area contributed by atoms with E-state index in [9.17, 15) is 10.2 Å². The van der Waals surface area contributed by atoms with E-state index in [4.69, 9.17) is 9.47 Å². The Morgan fingerprint density at radius 2 is 1.69 bits per heavy atom. The van der Waals surface area contributed by atoms with Crippen LogP contribution >= 0.6 is 24.2 Å². The minimum absolute atomic E-state index is 0. The highest BCUT2D eigenvalue weighted by Gasteiger charge is 2.22. The summed E-state index contributed by atoms with van der Waals surface area (Å²) in [4.78, 5) is 1.15. The molecule has 2 aromatic rings. The summed E-state index contributed by atoms with van der Waals surface area (Å²) in [6.45, 7) is 1.93. The van der Waals surface area contributed by atoms with Crippen LogP contribution in [0.4, 0.5) is 0 Å². The Morgan fingerprint density at radius 3 is 2.24 bits per heavy atom. The third kappa shape index (κ3) is 7.39. The molecule has 3 N–H and O–H groups in total.